The second kappa shape index (κ2) is 4.71. The van der Waals surface area contributed by atoms with Crippen LogP contribution in [0.4, 0.5) is 0 Å². The van der Waals surface area contributed by atoms with E-state index < -0.39 is 5.60 Å². The topological polar surface area (TPSA) is 32.6 Å². The molecule has 13 heavy (non-hydrogen) atoms. The molecule has 0 aromatic heterocycles. The summed E-state index contributed by atoms with van der Waals surface area (Å²) < 4.78 is 1.19. The van der Waals surface area contributed by atoms with E-state index in [1.165, 1.54) is 4.38 Å². The number of rotatable bonds is 3. The van der Waals surface area contributed by atoms with Gasteiger partial charge in [0.15, 0.2) is 0 Å². The van der Waals surface area contributed by atoms with Crippen LogP contribution in [0.5, 0.6) is 0 Å². The van der Waals surface area contributed by atoms with E-state index in [2.05, 4.69) is 11.9 Å². The SMILES string of the molecule is CC1CSC(SCCC(C)(C)O)=N1. The Hall–Kier alpha value is 0.330. The standard InChI is InChI=1S/C9H17NOS2/c1-7-6-13-8(10-7)12-5-4-9(2,3)11/h7,11H,4-6H2,1-3H3. The molecule has 1 atom stereocenters. The minimum Gasteiger partial charge on any atom is -0.390 e. The van der Waals surface area contributed by atoms with Crippen LogP contribution >= 0.6 is 23.5 Å². The summed E-state index contributed by atoms with van der Waals surface area (Å²) in [6.07, 6.45) is 0.825. The van der Waals surface area contributed by atoms with Gasteiger partial charge in [0.25, 0.3) is 0 Å². The van der Waals surface area contributed by atoms with Crippen LogP contribution in [0.1, 0.15) is 27.2 Å². The molecule has 0 amide bonds. The maximum absolute atomic E-state index is 9.48. The molecule has 0 aromatic rings. The molecule has 0 spiro atoms. The Morgan fingerprint density at radius 3 is 2.85 bits per heavy atom. The Bertz CT molecular complexity index is 198. The molecular weight excluding hydrogens is 202 g/mol. The van der Waals surface area contributed by atoms with E-state index in [4.69, 9.17) is 0 Å². The molecule has 4 heteroatoms. The molecule has 1 unspecified atom stereocenters. The van der Waals surface area contributed by atoms with Gasteiger partial charge in [-0.15, -0.1) is 0 Å². The third kappa shape index (κ3) is 4.93. The molecule has 1 aliphatic heterocycles. The van der Waals surface area contributed by atoms with Gasteiger partial charge in [0.05, 0.1) is 11.6 Å². The molecule has 0 bridgehead atoms. The molecule has 0 aromatic carbocycles. The van der Waals surface area contributed by atoms with Crippen LogP contribution in [0, 0.1) is 0 Å². The van der Waals surface area contributed by atoms with Crippen molar-refractivity contribution in [2.45, 2.75) is 38.8 Å². The smallest absolute Gasteiger partial charge is 0.124 e. The van der Waals surface area contributed by atoms with Gasteiger partial charge in [0, 0.05) is 11.5 Å². The van der Waals surface area contributed by atoms with Crippen LogP contribution < -0.4 is 0 Å². The summed E-state index contributed by atoms with van der Waals surface area (Å²) >= 11 is 3.60. The number of aliphatic imine (C=N–C) groups is 1. The number of hydrogen-bond donors (Lipinski definition) is 1. The number of nitrogens with zero attached hydrogens (tertiary/aromatic N) is 1. The molecule has 2 nitrogen and oxygen atoms in total. The summed E-state index contributed by atoms with van der Waals surface area (Å²) in [6.45, 7) is 5.83. The van der Waals surface area contributed by atoms with Gasteiger partial charge in [-0.1, -0.05) is 23.5 Å². The minimum absolute atomic E-state index is 0.481. The lowest BCUT2D eigenvalue weighted by Gasteiger charge is -2.15. The van der Waals surface area contributed by atoms with Crippen molar-refractivity contribution in [2.24, 2.45) is 4.99 Å². The van der Waals surface area contributed by atoms with Crippen molar-refractivity contribution in [3.63, 3.8) is 0 Å². The minimum atomic E-state index is -0.539. The van der Waals surface area contributed by atoms with Crippen molar-refractivity contribution in [1.29, 1.82) is 0 Å². The number of thioether (sulfide) groups is 2. The van der Waals surface area contributed by atoms with Gasteiger partial charge in [0.2, 0.25) is 0 Å². The van der Waals surface area contributed by atoms with Crippen LogP contribution in [0.3, 0.4) is 0 Å². The largest absolute Gasteiger partial charge is 0.390 e. The lowest BCUT2D eigenvalue weighted by Crippen LogP contribution is -2.19. The van der Waals surface area contributed by atoms with Gasteiger partial charge < -0.3 is 5.11 Å². The van der Waals surface area contributed by atoms with Crippen molar-refractivity contribution in [3.05, 3.63) is 0 Å². The van der Waals surface area contributed by atoms with Crippen molar-refractivity contribution in [3.8, 4) is 0 Å². The number of aliphatic hydroxyl groups is 1. The Balaban J connectivity index is 2.17. The molecule has 0 radical (unpaired) electrons. The fourth-order valence-electron chi connectivity index (χ4n) is 0.913. The summed E-state index contributed by atoms with van der Waals surface area (Å²) in [6, 6.07) is 0.481. The first-order valence-electron chi connectivity index (χ1n) is 4.53. The first-order valence-corrected chi connectivity index (χ1v) is 6.50. The van der Waals surface area contributed by atoms with Crippen LogP contribution in [-0.2, 0) is 0 Å². The summed E-state index contributed by atoms with van der Waals surface area (Å²) in [5, 5.41) is 9.48. The second-order valence-electron chi connectivity index (χ2n) is 3.97. The lowest BCUT2D eigenvalue weighted by molar-refractivity contribution is 0.0778. The quantitative estimate of drug-likeness (QED) is 0.791. The van der Waals surface area contributed by atoms with E-state index in [1.54, 1.807) is 11.8 Å². The zero-order valence-electron chi connectivity index (χ0n) is 8.41. The molecule has 76 valence electrons. The van der Waals surface area contributed by atoms with Gasteiger partial charge in [-0.25, -0.2) is 0 Å². The van der Waals surface area contributed by atoms with Crippen LogP contribution in [0.15, 0.2) is 4.99 Å². The van der Waals surface area contributed by atoms with E-state index in [0.29, 0.717) is 6.04 Å². The molecule has 0 saturated carbocycles. The second-order valence-corrected chi connectivity index (χ2v) is 6.32. The fraction of sp³-hybridized carbons (Fsp3) is 0.889. The van der Waals surface area contributed by atoms with Gasteiger partial charge >= 0.3 is 0 Å². The highest BCUT2D eigenvalue weighted by molar-refractivity contribution is 8.39. The predicted octanol–water partition coefficient (Wildman–Crippen LogP) is 2.37. The lowest BCUT2D eigenvalue weighted by atomic mass is 10.1. The predicted molar refractivity (Wildman–Crippen MR) is 62.7 cm³/mol. The van der Waals surface area contributed by atoms with E-state index in [9.17, 15) is 5.11 Å². The Kier molecular flexibility index (Phi) is 4.13. The van der Waals surface area contributed by atoms with E-state index >= 15 is 0 Å². The summed E-state index contributed by atoms with van der Waals surface area (Å²) in [7, 11) is 0. The monoisotopic (exact) mass is 219 g/mol. The molecule has 0 saturated heterocycles. The first kappa shape index (κ1) is 11.4. The van der Waals surface area contributed by atoms with E-state index in [-0.39, 0.29) is 0 Å². The van der Waals surface area contributed by atoms with Crippen LogP contribution in [0.25, 0.3) is 0 Å². The van der Waals surface area contributed by atoms with Crippen molar-refractivity contribution < 1.29 is 5.11 Å². The molecule has 1 heterocycles. The third-order valence-electron chi connectivity index (χ3n) is 1.71. The van der Waals surface area contributed by atoms with Gasteiger partial charge in [0.1, 0.15) is 4.38 Å². The van der Waals surface area contributed by atoms with Crippen molar-refractivity contribution in [1.82, 2.24) is 0 Å². The van der Waals surface area contributed by atoms with E-state index in [1.807, 2.05) is 25.6 Å². The van der Waals surface area contributed by atoms with Gasteiger partial charge in [-0.3, -0.25) is 4.99 Å². The maximum atomic E-state index is 9.48. The zero-order chi connectivity index (χ0) is 9.90. The summed E-state index contributed by atoms with van der Waals surface area (Å²) in [4.78, 5) is 4.47. The summed E-state index contributed by atoms with van der Waals surface area (Å²) in [5.41, 5.74) is -0.539. The number of hydrogen-bond acceptors (Lipinski definition) is 4. The van der Waals surface area contributed by atoms with Crippen molar-refractivity contribution >= 4 is 27.9 Å². The average Bonchev–Trinajstić information content (AvgIpc) is 2.33. The molecule has 1 aliphatic rings. The zero-order valence-corrected chi connectivity index (χ0v) is 10.0. The molecule has 0 fully saturated rings. The fourth-order valence-corrected chi connectivity index (χ4v) is 3.44. The Labute approximate surface area is 88.6 Å². The highest BCUT2D eigenvalue weighted by Gasteiger charge is 2.16. The summed E-state index contributed by atoms with van der Waals surface area (Å²) in [5.74, 6) is 2.08. The Morgan fingerprint density at radius 1 is 1.69 bits per heavy atom. The Morgan fingerprint density at radius 2 is 2.38 bits per heavy atom. The van der Waals surface area contributed by atoms with E-state index in [0.717, 1.165) is 17.9 Å². The van der Waals surface area contributed by atoms with Crippen molar-refractivity contribution in [2.75, 3.05) is 11.5 Å². The first-order chi connectivity index (χ1) is 5.97. The average molecular weight is 219 g/mol. The molecule has 0 aliphatic carbocycles. The highest BCUT2D eigenvalue weighted by atomic mass is 32.2. The third-order valence-corrected chi connectivity index (χ3v) is 4.18. The molecule has 1 N–H and O–H groups in total. The molecular formula is C9H17NOS2. The maximum Gasteiger partial charge on any atom is 0.124 e. The van der Waals surface area contributed by atoms with Gasteiger partial charge in [-0.05, 0) is 27.2 Å². The van der Waals surface area contributed by atoms with Crippen LogP contribution in [-0.4, -0.2) is 32.6 Å². The van der Waals surface area contributed by atoms with Crippen LogP contribution in [0.2, 0.25) is 0 Å². The molecule has 1 rings (SSSR count). The normalized spacial score (nSPS) is 23.4. The highest BCUT2D eigenvalue weighted by Crippen LogP contribution is 2.27. The van der Waals surface area contributed by atoms with Gasteiger partial charge in [-0.2, -0.15) is 0 Å².